The van der Waals surface area contributed by atoms with Gasteiger partial charge in [-0.25, -0.2) is 9.67 Å². The lowest BCUT2D eigenvalue weighted by atomic mass is 10.1. The number of nitrogens with one attached hydrogen (secondary N) is 2. The van der Waals surface area contributed by atoms with Crippen molar-refractivity contribution in [3.63, 3.8) is 0 Å². The molecule has 7 nitrogen and oxygen atoms in total. The number of benzene rings is 2. The lowest BCUT2D eigenvalue weighted by Crippen LogP contribution is -2.46. The van der Waals surface area contributed by atoms with Crippen LogP contribution >= 0.6 is 11.6 Å². The summed E-state index contributed by atoms with van der Waals surface area (Å²) in [5.74, 6) is 3.34. The molecule has 4 rings (SSSR count). The van der Waals surface area contributed by atoms with Crippen LogP contribution in [0.2, 0.25) is 5.02 Å². The Hall–Kier alpha value is -3.06. The van der Waals surface area contributed by atoms with Crippen molar-refractivity contribution in [2.75, 3.05) is 7.05 Å². The van der Waals surface area contributed by atoms with Gasteiger partial charge in [-0.3, -0.25) is 4.99 Å². The predicted molar refractivity (Wildman–Crippen MR) is 122 cm³/mol. The van der Waals surface area contributed by atoms with E-state index in [9.17, 15) is 0 Å². The molecule has 0 bridgehead atoms. The van der Waals surface area contributed by atoms with Crippen LogP contribution in [0.15, 0.2) is 53.5 Å². The fraction of sp³-hybridized carbons (Fsp3) is 0.348. The van der Waals surface area contributed by atoms with Crippen molar-refractivity contribution < 1.29 is 4.74 Å². The average molecular weight is 439 g/mol. The molecule has 162 valence electrons. The van der Waals surface area contributed by atoms with Gasteiger partial charge in [0, 0.05) is 26.1 Å². The van der Waals surface area contributed by atoms with Crippen molar-refractivity contribution in [3.05, 3.63) is 76.3 Å². The summed E-state index contributed by atoms with van der Waals surface area (Å²) in [5, 5.41) is 12.0. The smallest absolute Gasteiger partial charge is 0.191 e. The van der Waals surface area contributed by atoms with E-state index in [2.05, 4.69) is 37.8 Å². The average Bonchev–Trinajstić information content (AvgIpc) is 3.16. The van der Waals surface area contributed by atoms with Gasteiger partial charge in [0.15, 0.2) is 5.96 Å². The van der Waals surface area contributed by atoms with Gasteiger partial charge in [0.2, 0.25) is 0 Å². The maximum atomic E-state index is 6.21. The van der Waals surface area contributed by atoms with Crippen LogP contribution < -0.4 is 15.4 Å². The minimum Gasteiger partial charge on any atom is -0.487 e. The molecule has 0 amide bonds. The van der Waals surface area contributed by atoms with Crippen molar-refractivity contribution >= 4 is 17.6 Å². The number of nitrogens with zero attached hydrogens (tertiary/aromatic N) is 4. The molecule has 1 aromatic heterocycles. The second kappa shape index (κ2) is 9.83. The van der Waals surface area contributed by atoms with Gasteiger partial charge in [-0.1, -0.05) is 48.0 Å². The second-order valence-corrected chi connectivity index (χ2v) is 7.96. The van der Waals surface area contributed by atoms with Gasteiger partial charge >= 0.3 is 0 Å². The first-order valence-corrected chi connectivity index (χ1v) is 10.8. The van der Waals surface area contributed by atoms with Crippen LogP contribution in [0, 0.1) is 6.92 Å². The Morgan fingerprint density at radius 1 is 1.19 bits per heavy atom. The molecule has 2 N–H and O–H groups in total. The van der Waals surface area contributed by atoms with Gasteiger partial charge in [0.05, 0.1) is 11.6 Å². The highest BCUT2D eigenvalue weighted by Crippen LogP contribution is 2.24. The van der Waals surface area contributed by atoms with Gasteiger partial charge in [-0.05, 0) is 36.6 Å². The fourth-order valence-electron chi connectivity index (χ4n) is 3.71. The molecule has 0 radical (unpaired) electrons. The van der Waals surface area contributed by atoms with Gasteiger partial charge in [0.1, 0.15) is 24.0 Å². The van der Waals surface area contributed by atoms with Crippen LogP contribution in [-0.2, 0) is 26.1 Å². The zero-order valence-electron chi connectivity index (χ0n) is 17.8. The van der Waals surface area contributed by atoms with Gasteiger partial charge < -0.3 is 15.4 Å². The third-order valence-electron chi connectivity index (χ3n) is 5.31. The Morgan fingerprint density at radius 3 is 2.77 bits per heavy atom. The Bertz CT molecular complexity index is 1060. The molecule has 0 fully saturated rings. The molecule has 1 aliphatic heterocycles. The molecule has 2 heterocycles. The number of rotatable bonds is 6. The zero-order valence-corrected chi connectivity index (χ0v) is 18.6. The molecule has 31 heavy (non-hydrogen) atoms. The Morgan fingerprint density at radius 2 is 1.97 bits per heavy atom. The molecule has 0 spiro atoms. The Balaban J connectivity index is 1.34. The largest absolute Gasteiger partial charge is 0.487 e. The first-order chi connectivity index (χ1) is 15.1. The summed E-state index contributed by atoms with van der Waals surface area (Å²) in [6.45, 7) is 3.81. The SMILES string of the molecule is CN=C(NCc1ccccc1COc1ccccc1Cl)NC1CCc2nc(C)nn2C1. The van der Waals surface area contributed by atoms with E-state index in [1.165, 1.54) is 0 Å². The highest BCUT2D eigenvalue weighted by atomic mass is 35.5. The lowest BCUT2D eigenvalue weighted by molar-refractivity contribution is 0.305. The predicted octanol–water partition coefficient (Wildman–Crippen LogP) is 3.50. The van der Waals surface area contributed by atoms with Gasteiger partial charge in [-0.15, -0.1) is 0 Å². The first kappa shape index (κ1) is 21.2. The third kappa shape index (κ3) is 5.35. The number of para-hydroxylation sites is 1. The quantitative estimate of drug-likeness (QED) is 0.455. The minimum atomic E-state index is 0.263. The molecular weight excluding hydrogens is 412 g/mol. The molecule has 0 saturated carbocycles. The monoisotopic (exact) mass is 438 g/mol. The van der Waals surface area contributed by atoms with E-state index in [4.69, 9.17) is 16.3 Å². The minimum absolute atomic E-state index is 0.263. The molecule has 1 atom stereocenters. The van der Waals surface area contributed by atoms with Crippen LogP contribution in [0.25, 0.3) is 0 Å². The highest BCUT2D eigenvalue weighted by molar-refractivity contribution is 6.32. The van der Waals surface area contributed by atoms with Crippen molar-refractivity contribution in [2.24, 2.45) is 4.99 Å². The number of ether oxygens (including phenoxy) is 1. The summed E-state index contributed by atoms with van der Waals surface area (Å²) in [5.41, 5.74) is 2.25. The van der Waals surface area contributed by atoms with E-state index >= 15 is 0 Å². The van der Waals surface area contributed by atoms with E-state index in [0.717, 1.165) is 48.1 Å². The topological polar surface area (TPSA) is 76.4 Å². The summed E-state index contributed by atoms with van der Waals surface area (Å²) in [6, 6.07) is 16.0. The van der Waals surface area contributed by atoms with Gasteiger partial charge in [-0.2, -0.15) is 5.10 Å². The fourth-order valence-corrected chi connectivity index (χ4v) is 3.90. The van der Waals surface area contributed by atoms with Crippen LogP contribution in [0.4, 0.5) is 0 Å². The van der Waals surface area contributed by atoms with Crippen LogP contribution in [-0.4, -0.2) is 33.8 Å². The number of aliphatic imine (C=N–C) groups is 1. The number of fused-ring (bicyclic) bond motifs is 1. The summed E-state index contributed by atoms with van der Waals surface area (Å²) in [6.07, 6.45) is 1.92. The molecule has 0 aliphatic carbocycles. The molecule has 8 heteroatoms. The van der Waals surface area contributed by atoms with E-state index < -0.39 is 0 Å². The number of hydrogen-bond donors (Lipinski definition) is 2. The maximum Gasteiger partial charge on any atom is 0.191 e. The van der Waals surface area contributed by atoms with E-state index in [-0.39, 0.29) is 6.04 Å². The third-order valence-corrected chi connectivity index (χ3v) is 5.63. The van der Waals surface area contributed by atoms with Crippen molar-refractivity contribution in [2.45, 2.75) is 45.5 Å². The van der Waals surface area contributed by atoms with Crippen LogP contribution in [0.1, 0.15) is 29.2 Å². The van der Waals surface area contributed by atoms with E-state index in [0.29, 0.717) is 23.9 Å². The summed E-state index contributed by atoms with van der Waals surface area (Å²) in [7, 11) is 1.79. The number of aryl methyl sites for hydroxylation is 2. The molecular formula is C23H27ClN6O. The van der Waals surface area contributed by atoms with E-state index in [1.807, 2.05) is 48.0 Å². The van der Waals surface area contributed by atoms with Gasteiger partial charge in [0.25, 0.3) is 0 Å². The molecule has 1 unspecified atom stereocenters. The Labute approximate surface area is 187 Å². The summed E-state index contributed by atoms with van der Waals surface area (Å²) in [4.78, 5) is 8.87. The first-order valence-electron chi connectivity index (χ1n) is 10.4. The number of guanidine groups is 1. The molecule has 2 aromatic carbocycles. The lowest BCUT2D eigenvalue weighted by Gasteiger charge is -2.25. The second-order valence-electron chi connectivity index (χ2n) is 7.55. The molecule has 3 aromatic rings. The van der Waals surface area contributed by atoms with Crippen molar-refractivity contribution in [3.8, 4) is 5.75 Å². The summed E-state index contributed by atoms with van der Waals surface area (Å²) < 4.78 is 7.92. The maximum absolute atomic E-state index is 6.21. The summed E-state index contributed by atoms with van der Waals surface area (Å²) >= 11 is 6.21. The highest BCUT2D eigenvalue weighted by Gasteiger charge is 2.21. The molecule has 1 aliphatic rings. The Kier molecular flexibility index (Phi) is 6.72. The van der Waals surface area contributed by atoms with Crippen LogP contribution in [0.5, 0.6) is 5.75 Å². The van der Waals surface area contributed by atoms with Crippen molar-refractivity contribution in [1.29, 1.82) is 0 Å². The van der Waals surface area contributed by atoms with Crippen molar-refractivity contribution in [1.82, 2.24) is 25.4 Å². The van der Waals surface area contributed by atoms with E-state index in [1.54, 1.807) is 7.05 Å². The number of halogens is 1. The normalized spacial score (nSPS) is 16.0. The standard InChI is InChI=1S/C23H27ClN6O/c1-16-27-22-12-11-19(14-30(22)29-16)28-23(25-2)26-13-17-7-3-4-8-18(17)15-31-21-10-6-5-9-20(21)24/h3-10,19H,11-15H2,1-2H3,(H2,25,26,28). The number of hydrogen-bond acceptors (Lipinski definition) is 4. The molecule has 0 saturated heterocycles. The number of aromatic nitrogens is 3. The zero-order chi connectivity index (χ0) is 21.6. The van der Waals surface area contributed by atoms with Crippen LogP contribution in [0.3, 0.4) is 0 Å².